The maximum Gasteiger partial charge on any atom is 0.159 e. The summed E-state index contributed by atoms with van der Waals surface area (Å²) in [7, 11) is 1.63. The number of hydrogen-bond acceptors (Lipinski definition) is 3. The summed E-state index contributed by atoms with van der Waals surface area (Å²) in [5, 5.41) is 0. The Hall–Kier alpha value is -1.10. The number of ketones is 1. The second-order valence-electron chi connectivity index (χ2n) is 4.67. The quantitative estimate of drug-likeness (QED) is 0.613. The fourth-order valence-electron chi connectivity index (χ4n) is 2.21. The molecule has 4 nitrogen and oxygen atoms in total. The van der Waals surface area contributed by atoms with Gasteiger partial charge in [-0.05, 0) is 25.1 Å². The third-order valence-electron chi connectivity index (χ3n) is 3.26. The van der Waals surface area contributed by atoms with Gasteiger partial charge in [0, 0.05) is 11.1 Å². The number of benzene rings is 1. The van der Waals surface area contributed by atoms with E-state index in [-0.39, 0.29) is 18.2 Å². The van der Waals surface area contributed by atoms with Gasteiger partial charge < -0.3 is 26.8 Å². The van der Waals surface area contributed by atoms with E-state index >= 15 is 0 Å². The molecule has 1 N–H and O–H groups in total. The SMILES string of the molecule is COc1cc(C[NH+]2CCOCC2)cc(C(C)=O)c1.[Cl-]. The zero-order valence-electron chi connectivity index (χ0n) is 11.4. The summed E-state index contributed by atoms with van der Waals surface area (Å²) >= 11 is 0. The number of carbonyl (C=O) groups is 1. The van der Waals surface area contributed by atoms with Crippen LogP contribution >= 0.6 is 0 Å². The van der Waals surface area contributed by atoms with Gasteiger partial charge in [-0.2, -0.15) is 0 Å². The highest BCUT2D eigenvalue weighted by Gasteiger charge is 2.15. The first-order chi connectivity index (χ1) is 8.69. The van der Waals surface area contributed by atoms with Crippen molar-refractivity contribution in [1.82, 2.24) is 0 Å². The molecule has 106 valence electrons. The van der Waals surface area contributed by atoms with Gasteiger partial charge in [-0.1, -0.05) is 0 Å². The third kappa shape index (κ3) is 4.49. The van der Waals surface area contributed by atoms with Gasteiger partial charge in [0.25, 0.3) is 0 Å². The Labute approximate surface area is 120 Å². The maximum atomic E-state index is 11.5. The van der Waals surface area contributed by atoms with Crippen LogP contribution in [0.2, 0.25) is 0 Å². The van der Waals surface area contributed by atoms with Crippen LogP contribution in [-0.2, 0) is 11.3 Å². The summed E-state index contributed by atoms with van der Waals surface area (Å²) < 4.78 is 10.6. The summed E-state index contributed by atoms with van der Waals surface area (Å²) in [6.07, 6.45) is 0. The van der Waals surface area contributed by atoms with Crippen LogP contribution in [0, 0.1) is 0 Å². The van der Waals surface area contributed by atoms with E-state index in [4.69, 9.17) is 9.47 Å². The molecule has 1 heterocycles. The lowest BCUT2D eigenvalue weighted by molar-refractivity contribution is -0.921. The van der Waals surface area contributed by atoms with Crippen molar-refractivity contribution in [1.29, 1.82) is 0 Å². The van der Waals surface area contributed by atoms with Crippen LogP contribution in [-0.4, -0.2) is 39.2 Å². The minimum Gasteiger partial charge on any atom is -1.00 e. The standard InChI is InChI=1S/C14H19NO3.ClH/c1-11(16)13-7-12(8-14(9-13)17-2)10-15-3-5-18-6-4-15;/h7-9H,3-6,10H2,1-2H3;1H. The molecule has 1 aliphatic rings. The Bertz CT molecular complexity index is 431. The largest absolute Gasteiger partial charge is 1.00 e. The molecule has 0 unspecified atom stereocenters. The van der Waals surface area contributed by atoms with Crippen molar-refractivity contribution in [2.24, 2.45) is 0 Å². The van der Waals surface area contributed by atoms with E-state index in [1.165, 1.54) is 4.90 Å². The first kappa shape index (κ1) is 16.0. The highest BCUT2D eigenvalue weighted by Crippen LogP contribution is 2.17. The molecule has 0 bridgehead atoms. The number of quaternary nitrogens is 1. The number of morpholine rings is 1. The summed E-state index contributed by atoms with van der Waals surface area (Å²) in [6, 6.07) is 5.77. The van der Waals surface area contributed by atoms with E-state index in [0.717, 1.165) is 49.7 Å². The van der Waals surface area contributed by atoms with E-state index in [1.54, 1.807) is 20.1 Å². The van der Waals surface area contributed by atoms with Crippen molar-refractivity contribution in [3.05, 3.63) is 29.3 Å². The topological polar surface area (TPSA) is 40.0 Å². The Morgan fingerprint density at radius 2 is 2.00 bits per heavy atom. The highest BCUT2D eigenvalue weighted by molar-refractivity contribution is 5.94. The van der Waals surface area contributed by atoms with Gasteiger partial charge in [-0.25, -0.2) is 0 Å². The van der Waals surface area contributed by atoms with Gasteiger partial charge in [-0.3, -0.25) is 4.79 Å². The maximum absolute atomic E-state index is 11.5. The van der Waals surface area contributed by atoms with Gasteiger partial charge in [-0.15, -0.1) is 0 Å². The zero-order valence-corrected chi connectivity index (χ0v) is 12.1. The first-order valence-electron chi connectivity index (χ1n) is 6.29. The molecular weight excluding hydrogens is 266 g/mol. The second kappa shape index (κ2) is 7.48. The summed E-state index contributed by atoms with van der Waals surface area (Å²) in [6.45, 7) is 6.18. The number of methoxy groups -OCH3 is 1. The number of hydrogen-bond donors (Lipinski definition) is 1. The highest BCUT2D eigenvalue weighted by atomic mass is 35.5. The molecule has 1 aliphatic heterocycles. The number of ether oxygens (including phenoxy) is 2. The molecule has 0 aromatic heterocycles. The Balaban J connectivity index is 0.00000180. The molecule has 0 amide bonds. The van der Waals surface area contributed by atoms with E-state index in [1.807, 2.05) is 12.1 Å². The van der Waals surface area contributed by atoms with Gasteiger partial charge in [0.15, 0.2) is 5.78 Å². The van der Waals surface area contributed by atoms with Crippen molar-refractivity contribution >= 4 is 5.78 Å². The number of nitrogens with one attached hydrogen (secondary N) is 1. The molecular formula is C14H20ClNO3. The molecule has 1 fully saturated rings. The van der Waals surface area contributed by atoms with Crippen LogP contribution in [0.25, 0.3) is 0 Å². The Morgan fingerprint density at radius 1 is 1.32 bits per heavy atom. The van der Waals surface area contributed by atoms with Crippen LogP contribution in [0.15, 0.2) is 18.2 Å². The molecule has 0 aliphatic carbocycles. The molecule has 1 saturated heterocycles. The first-order valence-corrected chi connectivity index (χ1v) is 6.29. The zero-order chi connectivity index (χ0) is 13.0. The van der Waals surface area contributed by atoms with Crippen LogP contribution in [0.1, 0.15) is 22.8 Å². The number of Topliss-reactive ketones (excluding diaryl/α,β-unsaturated/α-hetero) is 1. The monoisotopic (exact) mass is 285 g/mol. The third-order valence-corrected chi connectivity index (χ3v) is 3.26. The lowest BCUT2D eigenvalue weighted by Crippen LogP contribution is -3.12. The number of carbonyl (C=O) groups excluding carboxylic acids is 1. The minimum atomic E-state index is 0. The van der Waals surface area contributed by atoms with Crippen LogP contribution in [0.4, 0.5) is 0 Å². The van der Waals surface area contributed by atoms with Crippen molar-refractivity contribution in [3.63, 3.8) is 0 Å². The Morgan fingerprint density at radius 3 is 2.58 bits per heavy atom. The van der Waals surface area contributed by atoms with Crippen molar-refractivity contribution < 1.29 is 31.6 Å². The van der Waals surface area contributed by atoms with E-state index in [9.17, 15) is 4.79 Å². The van der Waals surface area contributed by atoms with Gasteiger partial charge >= 0.3 is 0 Å². The Kier molecular flexibility index (Phi) is 6.28. The molecule has 5 heteroatoms. The molecule has 0 spiro atoms. The predicted octanol–water partition coefficient (Wildman–Crippen LogP) is -2.68. The van der Waals surface area contributed by atoms with Crippen molar-refractivity contribution in [2.45, 2.75) is 13.5 Å². The van der Waals surface area contributed by atoms with Crippen LogP contribution in [0.5, 0.6) is 5.75 Å². The summed E-state index contributed by atoms with van der Waals surface area (Å²) in [4.78, 5) is 13.0. The van der Waals surface area contributed by atoms with Gasteiger partial charge in [0.1, 0.15) is 25.4 Å². The average molecular weight is 286 g/mol. The van der Waals surface area contributed by atoms with E-state index < -0.39 is 0 Å². The van der Waals surface area contributed by atoms with Crippen LogP contribution in [0.3, 0.4) is 0 Å². The van der Waals surface area contributed by atoms with Crippen molar-refractivity contribution in [2.75, 3.05) is 33.4 Å². The summed E-state index contributed by atoms with van der Waals surface area (Å²) in [5.41, 5.74) is 1.87. The number of rotatable bonds is 4. The fraction of sp³-hybridized carbons (Fsp3) is 0.500. The molecule has 19 heavy (non-hydrogen) atoms. The van der Waals surface area contributed by atoms with Gasteiger partial charge in [0.2, 0.25) is 0 Å². The molecule has 1 aromatic rings. The molecule has 2 rings (SSSR count). The fourth-order valence-corrected chi connectivity index (χ4v) is 2.21. The average Bonchev–Trinajstić information content (AvgIpc) is 2.39. The predicted molar refractivity (Wildman–Crippen MR) is 68.2 cm³/mol. The molecule has 0 radical (unpaired) electrons. The van der Waals surface area contributed by atoms with Crippen LogP contribution < -0.4 is 22.0 Å². The smallest absolute Gasteiger partial charge is 0.159 e. The number of halogens is 1. The molecule has 0 atom stereocenters. The normalized spacial score (nSPS) is 15.7. The molecule has 0 saturated carbocycles. The van der Waals surface area contributed by atoms with E-state index in [0.29, 0.717) is 0 Å². The molecule has 1 aromatic carbocycles. The second-order valence-corrected chi connectivity index (χ2v) is 4.67. The van der Waals surface area contributed by atoms with Crippen molar-refractivity contribution in [3.8, 4) is 5.75 Å². The lowest BCUT2D eigenvalue weighted by atomic mass is 10.1. The van der Waals surface area contributed by atoms with E-state index in [2.05, 4.69) is 0 Å². The minimum absolute atomic E-state index is 0. The lowest BCUT2D eigenvalue weighted by Gasteiger charge is -2.24. The van der Waals surface area contributed by atoms with Gasteiger partial charge in [0.05, 0.1) is 20.3 Å². The summed E-state index contributed by atoms with van der Waals surface area (Å²) in [5.74, 6) is 0.831.